The van der Waals surface area contributed by atoms with E-state index in [1.807, 2.05) is 12.4 Å². The van der Waals surface area contributed by atoms with Crippen LogP contribution in [0.4, 0.5) is 0 Å². The SMILES string of the molecule is C[NH2+]CC(=O)NCCOC. The second-order valence-electron chi connectivity index (χ2n) is 1.96. The molecule has 0 saturated heterocycles. The Morgan fingerprint density at radius 3 is 2.90 bits per heavy atom. The first-order valence-corrected chi connectivity index (χ1v) is 3.34. The third kappa shape index (κ3) is 5.53. The fraction of sp³-hybridized carbons (Fsp3) is 0.833. The van der Waals surface area contributed by atoms with Gasteiger partial charge in [0.1, 0.15) is 0 Å². The minimum atomic E-state index is 0.0551. The van der Waals surface area contributed by atoms with Crippen LogP contribution in [0.2, 0.25) is 0 Å². The van der Waals surface area contributed by atoms with Gasteiger partial charge in [0.15, 0.2) is 6.54 Å². The van der Waals surface area contributed by atoms with Crippen molar-refractivity contribution in [2.45, 2.75) is 0 Å². The molecule has 0 aliphatic rings. The number of amides is 1. The lowest BCUT2D eigenvalue weighted by Crippen LogP contribution is -2.82. The van der Waals surface area contributed by atoms with Crippen LogP contribution >= 0.6 is 0 Å². The maximum Gasteiger partial charge on any atom is 0.275 e. The summed E-state index contributed by atoms with van der Waals surface area (Å²) in [4.78, 5) is 10.7. The summed E-state index contributed by atoms with van der Waals surface area (Å²) in [7, 11) is 3.47. The van der Waals surface area contributed by atoms with Gasteiger partial charge in [0.25, 0.3) is 5.91 Å². The molecule has 0 aliphatic carbocycles. The van der Waals surface area contributed by atoms with Gasteiger partial charge in [0.2, 0.25) is 0 Å². The van der Waals surface area contributed by atoms with Gasteiger partial charge in [-0.25, -0.2) is 0 Å². The third-order valence-corrected chi connectivity index (χ3v) is 1.02. The number of hydrogen-bond donors (Lipinski definition) is 2. The Balaban J connectivity index is 3.05. The minimum absolute atomic E-state index is 0.0551. The summed E-state index contributed by atoms with van der Waals surface area (Å²) in [6.45, 7) is 1.67. The Morgan fingerprint density at radius 1 is 1.70 bits per heavy atom. The van der Waals surface area contributed by atoms with Crippen LogP contribution in [0.5, 0.6) is 0 Å². The Hall–Kier alpha value is -0.610. The van der Waals surface area contributed by atoms with E-state index in [1.54, 1.807) is 7.11 Å². The molecule has 0 aliphatic heterocycles. The van der Waals surface area contributed by atoms with Crippen LogP contribution < -0.4 is 10.6 Å². The average Bonchev–Trinajstić information content (AvgIpc) is 1.89. The number of likely N-dealkylation sites (N-methyl/N-ethyl adjacent to an activating group) is 1. The van der Waals surface area contributed by atoms with E-state index >= 15 is 0 Å². The summed E-state index contributed by atoms with van der Waals surface area (Å²) in [6.07, 6.45) is 0. The van der Waals surface area contributed by atoms with Crippen LogP contribution in [0.3, 0.4) is 0 Å². The van der Waals surface area contributed by atoms with Gasteiger partial charge in [-0.05, 0) is 0 Å². The van der Waals surface area contributed by atoms with E-state index in [2.05, 4.69) is 5.32 Å². The van der Waals surface area contributed by atoms with Crippen LogP contribution in [-0.4, -0.2) is 39.8 Å². The van der Waals surface area contributed by atoms with Gasteiger partial charge < -0.3 is 15.4 Å². The lowest BCUT2D eigenvalue weighted by molar-refractivity contribution is -0.615. The summed E-state index contributed by atoms with van der Waals surface area (Å²) < 4.78 is 4.75. The highest BCUT2D eigenvalue weighted by atomic mass is 16.5. The maximum atomic E-state index is 10.7. The first-order valence-electron chi connectivity index (χ1n) is 3.34. The van der Waals surface area contributed by atoms with Crippen molar-refractivity contribution in [2.75, 3.05) is 33.9 Å². The van der Waals surface area contributed by atoms with E-state index in [1.165, 1.54) is 0 Å². The molecule has 0 radical (unpaired) electrons. The van der Waals surface area contributed by atoms with Crippen molar-refractivity contribution < 1.29 is 14.8 Å². The van der Waals surface area contributed by atoms with Crippen molar-refractivity contribution in [1.82, 2.24) is 5.32 Å². The van der Waals surface area contributed by atoms with E-state index in [4.69, 9.17) is 4.74 Å². The van der Waals surface area contributed by atoms with E-state index in [0.29, 0.717) is 19.7 Å². The molecule has 0 aromatic heterocycles. The largest absolute Gasteiger partial charge is 0.383 e. The summed E-state index contributed by atoms with van der Waals surface area (Å²) in [5.41, 5.74) is 0. The van der Waals surface area contributed by atoms with Crippen LogP contribution in [0.1, 0.15) is 0 Å². The molecule has 0 heterocycles. The van der Waals surface area contributed by atoms with Gasteiger partial charge in [0, 0.05) is 13.7 Å². The Bertz CT molecular complexity index is 95.7. The quantitative estimate of drug-likeness (QED) is 0.439. The summed E-state index contributed by atoms with van der Waals surface area (Å²) in [5.74, 6) is 0.0551. The monoisotopic (exact) mass is 147 g/mol. The first-order chi connectivity index (χ1) is 4.81. The zero-order chi connectivity index (χ0) is 7.82. The molecule has 0 unspecified atom stereocenters. The van der Waals surface area contributed by atoms with Crippen molar-refractivity contribution in [3.05, 3.63) is 0 Å². The molecule has 0 aromatic carbocycles. The molecule has 4 nitrogen and oxygen atoms in total. The fourth-order valence-corrected chi connectivity index (χ4v) is 0.550. The van der Waals surface area contributed by atoms with Crippen LogP contribution in [0.25, 0.3) is 0 Å². The van der Waals surface area contributed by atoms with Crippen molar-refractivity contribution in [2.24, 2.45) is 0 Å². The van der Waals surface area contributed by atoms with Crippen molar-refractivity contribution in [1.29, 1.82) is 0 Å². The van der Waals surface area contributed by atoms with E-state index < -0.39 is 0 Å². The number of hydrogen-bond acceptors (Lipinski definition) is 2. The molecule has 0 bridgehead atoms. The molecule has 1 amide bonds. The summed E-state index contributed by atoms with van der Waals surface area (Å²) in [5, 5.41) is 4.51. The standard InChI is InChI=1S/C6H14N2O2/c1-7-5-6(9)8-3-4-10-2/h7H,3-5H2,1-2H3,(H,8,9)/p+1. The average molecular weight is 147 g/mol. The van der Waals surface area contributed by atoms with Gasteiger partial charge in [-0.2, -0.15) is 0 Å². The van der Waals surface area contributed by atoms with E-state index in [0.717, 1.165) is 0 Å². The highest BCUT2D eigenvalue weighted by Crippen LogP contribution is 1.63. The molecule has 0 aromatic rings. The Morgan fingerprint density at radius 2 is 2.40 bits per heavy atom. The number of methoxy groups -OCH3 is 1. The second-order valence-corrected chi connectivity index (χ2v) is 1.96. The molecule has 3 N–H and O–H groups in total. The van der Waals surface area contributed by atoms with Gasteiger partial charge in [0.05, 0.1) is 13.7 Å². The van der Waals surface area contributed by atoms with Gasteiger partial charge >= 0.3 is 0 Å². The summed E-state index contributed by atoms with van der Waals surface area (Å²) in [6, 6.07) is 0. The second kappa shape index (κ2) is 6.51. The molecule has 10 heavy (non-hydrogen) atoms. The highest BCUT2D eigenvalue weighted by Gasteiger charge is 1.97. The predicted molar refractivity (Wildman–Crippen MR) is 37.6 cm³/mol. The number of rotatable bonds is 5. The van der Waals surface area contributed by atoms with Gasteiger partial charge in [-0.1, -0.05) is 0 Å². The molecule has 0 spiro atoms. The Labute approximate surface area is 60.9 Å². The van der Waals surface area contributed by atoms with Gasteiger partial charge in [-0.3, -0.25) is 4.79 Å². The lowest BCUT2D eigenvalue weighted by Gasteiger charge is -2.00. The maximum absolute atomic E-state index is 10.7. The number of nitrogens with two attached hydrogens (primary N) is 1. The Kier molecular flexibility index (Phi) is 6.11. The summed E-state index contributed by atoms with van der Waals surface area (Å²) >= 11 is 0. The highest BCUT2D eigenvalue weighted by molar-refractivity contribution is 5.76. The van der Waals surface area contributed by atoms with E-state index in [-0.39, 0.29) is 5.91 Å². The van der Waals surface area contributed by atoms with Crippen molar-refractivity contribution >= 4 is 5.91 Å². The molecule has 4 heteroatoms. The molecule has 0 rings (SSSR count). The van der Waals surface area contributed by atoms with E-state index in [9.17, 15) is 4.79 Å². The number of nitrogens with one attached hydrogen (secondary N) is 1. The molecule has 0 fully saturated rings. The van der Waals surface area contributed by atoms with Crippen LogP contribution in [0.15, 0.2) is 0 Å². The van der Waals surface area contributed by atoms with Crippen LogP contribution in [-0.2, 0) is 9.53 Å². The topological polar surface area (TPSA) is 54.9 Å². The smallest absolute Gasteiger partial charge is 0.275 e. The molecule has 0 saturated carbocycles. The predicted octanol–water partition coefficient (Wildman–Crippen LogP) is -2.06. The molecule has 60 valence electrons. The molecule has 0 atom stereocenters. The van der Waals surface area contributed by atoms with Crippen LogP contribution in [0, 0.1) is 0 Å². The van der Waals surface area contributed by atoms with Crippen molar-refractivity contribution in [3.63, 3.8) is 0 Å². The lowest BCUT2D eigenvalue weighted by atomic mass is 10.5. The molecular weight excluding hydrogens is 132 g/mol. The number of carbonyl (C=O) groups is 1. The number of carbonyl (C=O) groups excluding carboxylic acids is 1. The first kappa shape index (κ1) is 9.39. The fourth-order valence-electron chi connectivity index (χ4n) is 0.550. The zero-order valence-electron chi connectivity index (χ0n) is 6.52. The molecular formula is C6H15N2O2+. The number of quaternary nitrogens is 1. The normalized spacial score (nSPS) is 9.40. The number of ether oxygens (including phenoxy) is 1. The minimum Gasteiger partial charge on any atom is -0.383 e. The third-order valence-electron chi connectivity index (χ3n) is 1.02. The van der Waals surface area contributed by atoms with Gasteiger partial charge in [-0.15, -0.1) is 0 Å². The van der Waals surface area contributed by atoms with Crippen molar-refractivity contribution in [3.8, 4) is 0 Å². The zero-order valence-corrected chi connectivity index (χ0v) is 6.52.